The van der Waals surface area contributed by atoms with Gasteiger partial charge in [0.25, 0.3) is 0 Å². The largest absolute Gasteiger partial charge is 0.326 e. The van der Waals surface area contributed by atoms with Gasteiger partial charge in [-0.15, -0.1) is 0 Å². The molecule has 0 radical (unpaired) electrons. The van der Waals surface area contributed by atoms with E-state index in [4.69, 9.17) is 10.5 Å². The Kier molecular flexibility index (Phi) is 2.82. The summed E-state index contributed by atoms with van der Waals surface area (Å²) in [6.45, 7) is 0. The number of hydrazone groups is 1. The lowest BCUT2D eigenvalue weighted by molar-refractivity contribution is 0.891. The molecule has 0 atom stereocenters. The highest BCUT2D eigenvalue weighted by Crippen LogP contribution is 2.15. The fourth-order valence-electron chi connectivity index (χ4n) is 1.50. The third-order valence-corrected chi connectivity index (χ3v) is 2.41. The summed E-state index contributed by atoms with van der Waals surface area (Å²) in [4.78, 5) is 14.1. The zero-order valence-electron chi connectivity index (χ0n) is 9.43. The lowest BCUT2D eigenvalue weighted by Crippen LogP contribution is -2.11. The SMILES string of the molecule is Cn1c(=O)[nH]c2cc(NN=C(C#N)C#N)ccc21. The summed E-state index contributed by atoms with van der Waals surface area (Å²) in [7, 11) is 1.66. The Bertz CT molecular complexity index is 751. The van der Waals surface area contributed by atoms with Crippen LogP contribution in [0.3, 0.4) is 0 Å². The molecule has 0 fully saturated rings. The zero-order chi connectivity index (χ0) is 13.1. The van der Waals surface area contributed by atoms with Gasteiger partial charge in [0.2, 0.25) is 5.71 Å². The zero-order valence-corrected chi connectivity index (χ0v) is 9.43. The molecule has 1 aromatic carbocycles. The Balaban J connectivity index is 2.38. The second-order valence-corrected chi connectivity index (χ2v) is 3.52. The number of hydrogen-bond acceptors (Lipinski definition) is 5. The molecular formula is C11H8N6O. The van der Waals surface area contributed by atoms with Crippen molar-refractivity contribution in [3.63, 3.8) is 0 Å². The molecule has 0 aliphatic heterocycles. The number of aromatic amines is 1. The number of aromatic nitrogens is 2. The number of nitrogens with zero attached hydrogens (tertiary/aromatic N) is 4. The van der Waals surface area contributed by atoms with Crippen molar-refractivity contribution < 1.29 is 0 Å². The first kappa shape index (κ1) is 11.4. The normalized spacial score (nSPS) is 9.50. The predicted molar refractivity (Wildman–Crippen MR) is 65.8 cm³/mol. The third kappa shape index (κ3) is 1.93. The standard InChI is InChI=1S/C11H8N6O/c1-17-10-3-2-7(4-9(10)14-11(17)18)15-16-8(5-12)6-13/h2-4,15H,1H3,(H,14,18). The third-order valence-electron chi connectivity index (χ3n) is 2.41. The molecule has 18 heavy (non-hydrogen) atoms. The van der Waals surface area contributed by atoms with E-state index in [-0.39, 0.29) is 11.4 Å². The summed E-state index contributed by atoms with van der Waals surface area (Å²) in [5.74, 6) is 0. The Morgan fingerprint density at radius 3 is 2.83 bits per heavy atom. The summed E-state index contributed by atoms with van der Waals surface area (Å²) in [6.07, 6.45) is 0. The number of nitriles is 2. The van der Waals surface area contributed by atoms with Crippen molar-refractivity contribution in [2.75, 3.05) is 5.43 Å². The highest BCUT2D eigenvalue weighted by Gasteiger charge is 2.03. The van der Waals surface area contributed by atoms with E-state index in [1.807, 2.05) is 0 Å². The van der Waals surface area contributed by atoms with Gasteiger partial charge < -0.3 is 4.98 Å². The number of aryl methyl sites for hydroxylation is 1. The van der Waals surface area contributed by atoms with E-state index in [1.165, 1.54) is 4.57 Å². The summed E-state index contributed by atoms with van der Waals surface area (Å²) in [6, 6.07) is 8.39. The number of nitrogens with one attached hydrogen (secondary N) is 2. The Morgan fingerprint density at radius 2 is 2.17 bits per heavy atom. The highest BCUT2D eigenvalue weighted by atomic mass is 16.1. The average Bonchev–Trinajstić information content (AvgIpc) is 2.66. The number of anilines is 1. The summed E-state index contributed by atoms with van der Waals surface area (Å²) in [5.41, 5.74) is 4.09. The molecule has 0 saturated heterocycles. The van der Waals surface area contributed by atoms with E-state index in [0.717, 1.165) is 5.52 Å². The van der Waals surface area contributed by atoms with Crippen molar-refractivity contribution in [1.29, 1.82) is 10.5 Å². The van der Waals surface area contributed by atoms with Crippen LogP contribution in [0.4, 0.5) is 5.69 Å². The maximum Gasteiger partial charge on any atom is 0.326 e. The van der Waals surface area contributed by atoms with Gasteiger partial charge in [-0.05, 0) is 18.2 Å². The van der Waals surface area contributed by atoms with Gasteiger partial charge in [-0.25, -0.2) is 4.79 Å². The number of H-pyrrole nitrogens is 1. The second kappa shape index (κ2) is 4.44. The number of fused-ring (bicyclic) bond motifs is 1. The topological polar surface area (TPSA) is 110 Å². The molecule has 0 aliphatic rings. The van der Waals surface area contributed by atoms with E-state index in [1.54, 1.807) is 37.4 Å². The summed E-state index contributed by atoms with van der Waals surface area (Å²) < 4.78 is 1.48. The van der Waals surface area contributed by atoms with Crippen molar-refractivity contribution in [3.05, 3.63) is 28.7 Å². The molecule has 0 saturated carbocycles. The minimum absolute atomic E-state index is 0.208. The minimum Gasteiger partial charge on any atom is -0.305 e. The minimum atomic E-state index is -0.267. The fourth-order valence-corrected chi connectivity index (χ4v) is 1.50. The van der Waals surface area contributed by atoms with Crippen LogP contribution in [-0.4, -0.2) is 15.3 Å². The predicted octanol–water partition coefficient (Wildman–Crippen LogP) is 0.682. The lowest BCUT2D eigenvalue weighted by atomic mass is 10.3. The smallest absolute Gasteiger partial charge is 0.305 e. The first-order valence-electron chi connectivity index (χ1n) is 4.98. The maximum atomic E-state index is 11.4. The molecule has 0 unspecified atom stereocenters. The molecule has 1 aromatic heterocycles. The van der Waals surface area contributed by atoms with Crippen molar-refractivity contribution in [2.24, 2.45) is 12.1 Å². The van der Waals surface area contributed by atoms with Gasteiger partial charge in [-0.1, -0.05) is 0 Å². The molecule has 2 N–H and O–H groups in total. The van der Waals surface area contributed by atoms with E-state index in [0.29, 0.717) is 11.2 Å². The number of hydrogen-bond donors (Lipinski definition) is 2. The van der Waals surface area contributed by atoms with Crippen LogP contribution in [0.2, 0.25) is 0 Å². The Labute approximate surface area is 102 Å². The fraction of sp³-hybridized carbons (Fsp3) is 0.0909. The van der Waals surface area contributed by atoms with Gasteiger partial charge in [-0.3, -0.25) is 9.99 Å². The first-order chi connectivity index (χ1) is 8.65. The van der Waals surface area contributed by atoms with Gasteiger partial charge in [0.05, 0.1) is 16.7 Å². The summed E-state index contributed by atoms with van der Waals surface area (Å²) >= 11 is 0. The van der Waals surface area contributed by atoms with Gasteiger partial charge >= 0.3 is 5.69 Å². The highest BCUT2D eigenvalue weighted by molar-refractivity contribution is 6.10. The van der Waals surface area contributed by atoms with E-state index >= 15 is 0 Å². The summed E-state index contributed by atoms with van der Waals surface area (Å²) in [5, 5.41) is 20.7. The van der Waals surface area contributed by atoms with Crippen molar-refractivity contribution >= 4 is 22.4 Å². The van der Waals surface area contributed by atoms with Crippen LogP contribution in [0.15, 0.2) is 28.1 Å². The molecule has 7 nitrogen and oxygen atoms in total. The molecule has 0 spiro atoms. The molecule has 1 heterocycles. The molecule has 2 aromatic rings. The van der Waals surface area contributed by atoms with Crippen LogP contribution in [0.25, 0.3) is 11.0 Å². The van der Waals surface area contributed by atoms with Gasteiger partial charge in [-0.2, -0.15) is 15.6 Å². The molecule has 2 rings (SSSR count). The monoisotopic (exact) mass is 240 g/mol. The van der Waals surface area contributed by atoms with E-state index < -0.39 is 0 Å². The number of rotatable bonds is 2. The molecule has 0 aliphatic carbocycles. The van der Waals surface area contributed by atoms with Crippen LogP contribution in [0.1, 0.15) is 0 Å². The van der Waals surface area contributed by atoms with Crippen LogP contribution in [-0.2, 0) is 7.05 Å². The molecule has 0 amide bonds. The van der Waals surface area contributed by atoms with Gasteiger partial charge in [0.1, 0.15) is 12.1 Å². The second-order valence-electron chi connectivity index (χ2n) is 3.52. The molecule has 0 bridgehead atoms. The lowest BCUT2D eigenvalue weighted by Gasteiger charge is -2.00. The average molecular weight is 240 g/mol. The van der Waals surface area contributed by atoms with Crippen LogP contribution in [0, 0.1) is 22.7 Å². The molecular weight excluding hydrogens is 232 g/mol. The van der Waals surface area contributed by atoms with Crippen LogP contribution < -0.4 is 11.1 Å². The quantitative estimate of drug-likeness (QED) is 0.594. The van der Waals surface area contributed by atoms with Crippen LogP contribution in [0.5, 0.6) is 0 Å². The van der Waals surface area contributed by atoms with E-state index in [9.17, 15) is 4.79 Å². The molecule has 88 valence electrons. The van der Waals surface area contributed by atoms with Crippen molar-refractivity contribution in [1.82, 2.24) is 9.55 Å². The first-order valence-corrected chi connectivity index (χ1v) is 4.98. The Hall–Kier alpha value is -3.06. The van der Waals surface area contributed by atoms with Gasteiger partial charge in [0, 0.05) is 7.05 Å². The van der Waals surface area contributed by atoms with Crippen LogP contribution >= 0.6 is 0 Å². The number of imidazole rings is 1. The van der Waals surface area contributed by atoms with Gasteiger partial charge in [0.15, 0.2) is 0 Å². The maximum absolute atomic E-state index is 11.4. The van der Waals surface area contributed by atoms with E-state index in [2.05, 4.69) is 15.5 Å². The Morgan fingerprint density at radius 1 is 1.44 bits per heavy atom. The molecule has 7 heteroatoms. The van der Waals surface area contributed by atoms with Crippen molar-refractivity contribution in [2.45, 2.75) is 0 Å². The van der Waals surface area contributed by atoms with Crippen molar-refractivity contribution in [3.8, 4) is 12.1 Å². The number of benzene rings is 1.